The number of carbonyl (C=O) groups is 1. The van der Waals surface area contributed by atoms with Gasteiger partial charge < -0.3 is 20.1 Å². The van der Waals surface area contributed by atoms with Gasteiger partial charge in [-0.2, -0.15) is 0 Å². The van der Waals surface area contributed by atoms with Crippen molar-refractivity contribution in [2.24, 2.45) is 5.73 Å². The summed E-state index contributed by atoms with van der Waals surface area (Å²) in [5.41, 5.74) is 5.42. The van der Waals surface area contributed by atoms with E-state index in [1.807, 2.05) is 6.92 Å². The summed E-state index contributed by atoms with van der Waals surface area (Å²) in [5.74, 6) is -0.0212. The van der Waals surface area contributed by atoms with Gasteiger partial charge in [0, 0.05) is 20.2 Å². The number of carbonyl (C=O) groups excluding carboxylic acids is 1. The average molecular weight is 218 g/mol. The smallest absolute Gasteiger partial charge is 0.248 e. The number of nitrogens with two attached hydrogens (primary N) is 1. The topological polar surface area (TPSA) is 64.8 Å². The molecule has 1 amide bonds. The van der Waals surface area contributed by atoms with Crippen LogP contribution in [0.25, 0.3) is 0 Å². The SMILES string of the molecule is COCCOCC(=O)N(C)C(C)CCN. The second kappa shape index (κ2) is 8.64. The van der Waals surface area contributed by atoms with Crippen LogP contribution in [0.1, 0.15) is 13.3 Å². The molecule has 0 aliphatic heterocycles. The van der Waals surface area contributed by atoms with Gasteiger partial charge in [-0.05, 0) is 19.9 Å². The summed E-state index contributed by atoms with van der Waals surface area (Å²) in [7, 11) is 3.36. The highest BCUT2D eigenvalue weighted by Crippen LogP contribution is 2.00. The molecule has 0 saturated heterocycles. The van der Waals surface area contributed by atoms with Gasteiger partial charge >= 0.3 is 0 Å². The molecule has 1 unspecified atom stereocenters. The van der Waals surface area contributed by atoms with Crippen LogP contribution in [-0.4, -0.2) is 57.4 Å². The van der Waals surface area contributed by atoms with E-state index in [0.717, 1.165) is 6.42 Å². The highest BCUT2D eigenvalue weighted by molar-refractivity contribution is 5.77. The van der Waals surface area contributed by atoms with Crippen molar-refractivity contribution in [1.82, 2.24) is 4.90 Å². The molecule has 0 aromatic carbocycles. The van der Waals surface area contributed by atoms with Gasteiger partial charge in [0.1, 0.15) is 6.61 Å². The minimum atomic E-state index is -0.0212. The second-order valence-corrected chi connectivity index (χ2v) is 3.48. The summed E-state index contributed by atoms with van der Waals surface area (Å²) in [5, 5.41) is 0. The molecule has 0 spiro atoms. The Morgan fingerprint density at radius 2 is 2.13 bits per heavy atom. The standard InChI is InChI=1S/C10H22N2O3/c1-9(4-5-11)12(2)10(13)8-15-7-6-14-3/h9H,4-8,11H2,1-3H3. The lowest BCUT2D eigenvalue weighted by atomic mass is 10.2. The molecular formula is C10H22N2O3. The first-order valence-electron chi connectivity index (χ1n) is 5.15. The Morgan fingerprint density at radius 1 is 1.47 bits per heavy atom. The van der Waals surface area contributed by atoms with Crippen LogP contribution >= 0.6 is 0 Å². The van der Waals surface area contributed by atoms with Crippen molar-refractivity contribution in [3.05, 3.63) is 0 Å². The molecule has 2 N–H and O–H groups in total. The van der Waals surface area contributed by atoms with Crippen LogP contribution in [0.4, 0.5) is 0 Å². The van der Waals surface area contributed by atoms with Crippen molar-refractivity contribution < 1.29 is 14.3 Å². The highest BCUT2D eigenvalue weighted by atomic mass is 16.5. The molecule has 0 rings (SSSR count). The summed E-state index contributed by atoms with van der Waals surface area (Å²) >= 11 is 0. The quantitative estimate of drug-likeness (QED) is 0.575. The van der Waals surface area contributed by atoms with Gasteiger partial charge in [-0.15, -0.1) is 0 Å². The first-order chi connectivity index (χ1) is 7.13. The molecule has 0 aromatic heterocycles. The Kier molecular flexibility index (Phi) is 8.27. The molecule has 0 fully saturated rings. The van der Waals surface area contributed by atoms with Crippen molar-refractivity contribution >= 4 is 5.91 Å². The molecule has 5 nitrogen and oxygen atoms in total. The second-order valence-electron chi connectivity index (χ2n) is 3.48. The lowest BCUT2D eigenvalue weighted by Gasteiger charge is -2.24. The van der Waals surface area contributed by atoms with Crippen LogP contribution < -0.4 is 5.73 Å². The van der Waals surface area contributed by atoms with Crippen LogP contribution in [0.2, 0.25) is 0 Å². The zero-order chi connectivity index (χ0) is 11.7. The molecule has 0 aliphatic rings. The fourth-order valence-electron chi connectivity index (χ4n) is 1.08. The van der Waals surface area contributed by atoms with Gasteiger partial charge in [0.05, 0.1) is 13.2 Å². The van der Waals surface area contributed by atoms with E-state index in [-0.39, 0.29) is 18.6 Å². The Balaban J connectivity index is 3.68. The van der Waals surface area contributed by atoms with Crippen LogP contribution in [0, 0.1) is 0 Å². The summed E-state index contributed by atoms with van der Waals surface area (Å²) in [6.07, 6.45) is 0.806. The summed E-state index contributed by atoms with van der Waals surface area (Å²) in [6, 6.07) is 0.161. The number of amides is 1. The van der Waals surface area contributed by atoms with E-state index in [0.29, 0.717) is 19.8 Å². The molecule has 0 saturated carbocycles. The molecule has 5 heteroatoms. The fraction of sp³-hybridized carbons (Fsp3) is 0.900. The molecule has 90 valence electrons. The van der Waals surface area contributed by atoms with E-state index >= 15 is 0 Å². The van der Waals surface area contributed by atoms with Crippen LogP contribution in [0.3, 0.4) is 0 Å². The molecule has 0 heterocycles. The van der Waals surface area contributed by atoms with E-state index in [1.54, 1.807) is 19.1 Å². The molecule has 0 radical (unpaired) electrons. The maximum Gasteiger partial charge on any atom is 0.248 e. The minimum absolute atomic E-state index is 0.0212. The van der Waals surface area contributed by atoms with E-state index in [4.69, 9.17) is 15.2 Å². The van der Waals surface area contributed by atoms with Crippen molar-refractivity contribution in [3.63, 3.8) is 0 Å². The van der Waals surface area contributed by atoms with E-state index < -0.39 is 0 Å². The third-order valence-corrected chi connectivity index (χ3v) is 2.30. The van der Waals surface area contributed by atoms with Gasteiger partial charge in [-0.1, -0.05) is 0 Å². The van der Waals surface area contributed by atoms with Crippen LogP contribution in [0.5, 0.6) is 0 Å². The Morgan fingerprint density at radius 3 is 2.67 bits per heavy atom. The summed E-state index contributed by atoms with van der Waals surface area (Å²) in [4.78, 5) is 13.2. The van der Waals surface area contributed by atoms with Crippen molar-refractivity contribution in [2.45, 2.75) is 19.4 Å². The van der Waals surface area contributed by atoms with Crippen molar-refractivity contribution in [3.8, 4) is 0 Å². The Hall–Kier alpha value is -0.650. The lowest BCUT2D eigenvalue weighted by molar-refractivity contribution is -0.137. The zero-order valence-electron chi connectivity index (χ0n) is 9.86. The molecular weight excluding hydrogens is 196 g/mol. The molecule has 0 bridgehead atoms. The maximum absolute atomic E-state index is 11.5. The summed E-state index contributed by atoms with van der Waals surface area (Å²) in [6.45, 7) is 3.62. The molecule has 1 atom stereocenters. The number of rotatable bonds is 8. The van der Waals surface area contributed by atoms with Gasteiger partial charge in [-0.3, -0.25) is 4.79 Å². The number of likely N-dealkylation sites (N-methyl/N-ethyl adjacent to an activating group) is 1. The average Bonchev–Trinajstić information content (AvgIpc) is 2.23. The van der Waals surface area contributed by atoms with Gasteiger partial charge in [0.15, 0.2) is 0 Å². The summed E-state index contributed by atoms with van der Waals surface area (Å²) < 4.78 is 9.94. The number of nitrogens with zero attached hydrogens (tertiary/aromatic N) is 1. The van der Waals surface area contributed by atoms with Gasteiger partial charge in [-0.25, -0.2) is 0 Å². The van der Waals surface area contributed by atoms with E-state index in [2.05, 4.69) is 0 Å². The normalized spacial score (nSPS) is 12.5. The predicted molar refractivity (Wildman–Crippen MR) is 58.6 cm³/mol. The van der Waals surface area contributed by atoms with Crippen LogP contribution in [-0.2, 0) is 14.3 Å². The minimum Gasteiger partial charge on any atom is -0.382 e. The third-order valence-electron chi connectivity index (χ3n) is 2.30. The molecule has 15 heavy (non-hydrogen) atoms. The number of hydrogen-bond donors (Lipinski definition) is 1. The van der Waals surface area contributed by atoms with E-state index in [1.165, 1.54) is 0 Å². The Bertz CT molecular complexity index is 176. The molecule has 0 aliphatic carbocycles. The molecule has 0 aromatic rings. The van der Waals surface area contributed by atoms with Crippen LogP contribution in [0.15, 0.2) is 0 Å². The zero-order valence-corrected chi connectivity index (χ0v) is 9.86. The largest absolute Gasteiger partial charge is 0.382 e. The highest BCUT2D eigenvalue weighted by Gasteiger charge is 2.14. The van der Waals surface area contributed by atoms with E-state index in [9.17, 15) is 4.79 Å². The predicted octanol–water partition coefficient (Wildman–Crippen LogP) is -0.155. The Labute approximate surface area is 91.5 Å². The van der Waals surface area contributed by atoms with Crippen molar-refractivity contribution in [2.75, 3.05) is 40.5 Å². The monoisotopic (exact) mass is 218 g/mol. The van der Waals surface area contributed by atoms with Gasteiger partial charge in [0.25, 0.3) is 0 Å². The first-order valence-corrected chi connectivity index (χ1v) is 5.15. The maximum atomic E-state index is 11.5. The number of hydrogen-bond acceptors (Lipinski definition) is 4. The van der Waals surface area contributed by atoms with Crippen molar-refractivity contribution in [1.29, 1.82) is 0 Å². The lowest BCUT2D eigenvalue weighted by Crippen LogP contribution is -2.38. The number of ether oxygens (including phenoxy) is 2. The third kappa shape index (κ3) is 6.43. The van der Waals surface area contributed by atoms with Gasteiger partial charge in [0.2, 0.25) is 5.91 Å². The number of methoxy groups -OCH3 is 1. The fourth-order valence-corrected chi connectivity index (χ4v) is 1.08. The first kappa shape index (κ1) is 14.3.